The summed E-state index contributed by atoms with van der Waals surface area (Å²) in [5, 5.41) is 10.4. The standard InChI is InChI=1S/C13H18ClNO/c1-2-3-4-5-6-7-13(16)12-9-8-11(14)10-15-12/h2,8-10,13,16H,1,3-7H2. The molecule has 1 N–H and O–H groups in total. The van der Waals surface area contributed by atoms with Gasteiger partial charge in [-0.3, -0.25) is 4.98 Å². The summed E-state index contributed by atoms with van der Waals surface area (Å²) in [6, 6.07) is 3.53. The molecular weight excluding hydrogens is 222 g/mol. The molecule has 1 rings (SSSR count). The first-order valence-electron chi connectivity index (χ1n) is 5.64. The van der Waals surface area contributed by atoms with Gasteiger partial charge in [0, 0.05) is 6.20 Å². The van der Waals surface area contributed by atoms with Crippen molar-refractivity contribution in [2.75, 3.05) is 0 Å². The minimum absolute atomic E-state index is 0.471. The lowest BCUT2D eigenvalue weighted by molar-refractivity contribution is 0.159. The smallest absolute Gasteiger partial charge is 0.0959 e. The fourth-order valence-electron chi connectivity index (χ4n) is 1.54. The zero-order valence-corrected chi connectivity index (χ0v) is 10.2. The molecule has 16 heavy (non-hydrogen) atoms. The van der Waals surface area contributed by atoms with E-state index < -0.39 is 6.10 Å². The summed E-state index contributed by atoms with van der Waals surface area (Å²) in [7, 11) is 0. The minimum atomic E-state index is -0.471. The SMILES string of the molecule is C=CCCCCCC(O)c1ccc(Cl)cn1. The second-order valence-electron chi connectivity index (χ2n) is 3.84. The Morgan fingerprint density at radius 3 is 2.81 bits per heavy atom. The fraction of sp³-hybridized carbons (Fsp3) is 0.462. The van der Waals surface area contributed by atoms with Crippen LogP contribution in [0.2, 0.25) is 5.02 Å². The number of hydrogen-bond donors (Lipinski definition) is 1. The molecule has 0 fully saturated rings. The van der Waals surface area contributed by atoms with Crippen LogP contribution >= 0.6 is 11.6 Å². The van der Waals surface area contributed by atoms with Gasteiger partial charge in [0.15, 0.2) is 0 Å². The molecule has 2 nitrogen and oxygen atoms in total. The van der Waals surface area contributed by atoms with Crippen LogP contribution in [0.5, 0.6) is 0 Å². The van der Waals surface area contributed by atoms with Gasteiger partial charge in [-0.15, -0.1) is 6.58 Å². The molecule has 0 aliphatic heterocycles. The van der Waals surface area contributed by atoms with Gasteiger partial charge in [0.25, 0.3) is 0 Å². The van der Waals surface area contributed by atoms with Crippen LogP contribution in [-0.2, 0) is 0 Å². The summed E-state index contributed by atoms with van der Waals surface area (Å²) in [6.45, 7) is 3.68. The Bertz CT molecular complexity index is 310. The van der Waals surface area contributed by atoms with E-state index in [1.165, 1.54) is 0 Å². The van der Waals surface area contributed by atoms with Crippen molar-refractivity contribution in [2.45, 2.75) is 38.2 Å². The normalized spacial score (nSPS) is 12.4. The molecule has 0 spiro atoms. The molecule has 3 heteroatoms. The number of rotatable bonds is 7. The predicted octanol–water partition coefficient (Wildman–Crippen LogP) is 3.90. The van der Waals surface area contributed by atoms with Gasteiger partial charge in [-0.1, -0.05) is 30.5 Å². The molecule has 0 aliphatic rings. The van der Waals surface area contributed by atoms with Crippen LogP contribution in [0.1, 0.15) is 43.9 Å². The maximum absolute atomic E-state index is 9.84. The molecule has 0 saturated carbocycles. The van der Waals surface area contributed by atoms with Gasteiger partial charge < -0.3 is 5.11 Å². The average Bonchev–Trinajstić information content (AvgIpc) is 2.29. The van der Waals surface area contributed by atoms with Gasteiger partial charge in [-0.2, -0.15) is 0 Å². The Morgan fingerprint density at radius 1 is 1.38 bits per heavy atom. The molecule has 1 aromatic rings. The highest BCUT2D eigenvalue weighted by Crippen LogP contribution is 2.19. The molecule has 0 bridgehead atoms. The van der Waals surface area contributed by atoms with E-state index in [1.807, 2.05) is 6.08 Å². The molecule has 88 valence electrons. The molecule has 1 unspecified atom stereocenters. The molecule has 0 aliphatic carbocycles. The van der Waals surface area contributed by atoms with Crippen LogP contribution in [0.4, 0.5) is 0 Å². The zero-order chi connectivity index (χ0) is 11.8. The van der Waals surface area contributed by atoms with Crippen molar-refractivity contribution in [1.82, 2.24) is 4.98 Å². The van der Waals surface area contributed by atoms with Crippen LogP contribution in [-0.4, -0.2) is 10.1 Å². The maximum Gasteiger partial charge on any atom is 0.0959 e. The Kier molecular flexibility index (Phi) is 6.12. The van der Waals surface area contributed by atoms with Gasteiger partial charge in [0.1, 0.15) is 0 Å². The highest BCUT2D eigenvalue weighted by molar-refractivity contribution is 6.30. The number of hydrogen-bond acceptors (Lipinski definition) is 2. The van der Waals surface area contributed by atoms with Crippen molar-refractivity contribution in [3.63, 3.8) is 0 Å². The Labute approximate surface area is 102 Å². The van der Waals surface area contributed by atoms with Crippen molar-refractivity contribution < 1.29 is 5.11 Å². The molecular formula is C13H18ClNO. The number of halogens is 1. The van der Waals surface area contributed by atoms with Gasteiger partial charge >= 0.3 is 0 Å². The minimum Gasteiger partial charge on any atom is -0.387 e. The molecule has 1 heterocycles. The van der Waals surface area contributed by atoms with E-state index >= 15 is 0 Å². The van der Waals surface area contributed by atoms with Crippen LogP contribution in [0.15, 0.2) is 31.0 Å². The van der Waals surface area contributed by atoms with E-state index in [4.69, 9.17) is 11.6 Å². The number of pyridine rings is 1. The first-order valence-corrected chi connectivity index (χ1v) is 6.02. The summed E-state index contributed by atoms with van der Waals surface area (Å²) in [5.74, 6) is 0. The number of aliphatic hydroxyl groups excluding tert-OH is 1. The highest BCUT2D eigenvalue weighted by Gasteiger charge is 2.07. The third kappa shape index (κ3) is 4.77. The monoisotopic (exact) mass is 239 g/mol. The lowest BCUT2D eigenvalue weighted by Crippen LogP contribution is -1.99. The Morgan fingerprint density at radius 2 is 2.19 bits per heavy atom. The van der Waals surface area contributed by atoms with E-state index in [2.05, 4.69) is 11.6 Å². The maximum atomic E-state index is 9.84. The van der Waals surface area contributed by atoms with E-state index in [9.17, 15) is 5.11 Å². The average molecular weight is 240 g/mol. The first kappa shape index (κ1) is 13.2. The van der Waals surface area contributed by atoms with Crippen molar-refractivity contribution in [3.05, 3.63) is 41.7 Å². The summed E-state index contributed by atoms with van der Waals surface area (Å²) < 4.78 is 0. The molecule has 1 aromatic heterocycles. The van der Waals surface area contributed by atoms with E-state index in [-0.39, 0.29) is 0 Å². The van der Waals surface area contributed by atoms with Crippen LogP contribution in [0.25, 0.3) is 0 Å². The van der Waals surface area contributed by atoms with Gasteiger partial charge in [-0.05, 0) is 31.4 Å². The largest absolute Gasteiger partial charge is 0.387 e. The molecule has 0 aromatic carbocycles. The summed E-state index contributed by atoms with van der Waals surface area (Å²) in [6.07, 6.45) is 8.11. The summed E-state index contributed by atoms with van der Waals surface area (Å²) in [5.41, 5.74) is 0.702. The summed E-state index contributed by atoms with van der Waals surface area (Å²) >= 11 is 5.72. The number of unbranched alkanes of at least 4 members (excludes halogenated alkanes) is 3. The molecule has 0 amide bonds. The van der Waals surface area contributed by atoms with Crippen molar-refractivity contribution in [1.29, 1.82) is 0 Å². The third-order valence-electron chi connectivity index (χ3n) is 2.48. The zero-order valence-electron chi connectivity index (χ0n) is 9.40. The summed E-state index contributed by atoms with van der Waals surface area (Å²) in [4.78, 5) is 4.10. The fourth-order valence-corrected chi connectivity index (χ4v) is 1.65. The molecule has 0 saturated heterocycles. The first-order chi connectivity index (χ1) is 7.74. The lowest BCUT2D eigenvalue weighted by atomic mass is 10.1. The van der Waals surface area contributed by atoms with Crippen LogP contribution < -0.4 is 0 Å². The molecule has 0 radical (unpaired) electrons. The van der Waals surface area contributed by atoms with Crippen molar-refractivity contribution in [2.24, 2.45) is 0 Å². The Hall–Kier alpha value is -0.860. The van der Waals surface area contributed by atoms with E-state index in [0.29, 0.717) is 10.7 Å². The van der Waals surface area contributed by atoms with E-state index in [1.54, 1.807) is 18.3 Å². The number of aromatic nitrogens is 1. The van der Waals surface area contributed by atoms with Gasteiger partial charge in [0.2, 0.25) is 0 Å². The number of nitrogens with zero attached hydrogens (tertiary/aromatic N) is 1. The topological polar surface area (TPSA) is 33.1 Å². The second kappa shape index (κ2) is 7.42. The second-order valence-corrected chi connectivity index (χ2v) is 4.28. The predicted molar refractivity (Wildman–Crippen MR) is 67.5 cm³/mol. The highest BCUT2D eigenvalue weighted by atomic mass is 35.5. The number of aliphatic hydroxyl groups is 1. The van der Waals surface area contributed by atoms with Crippen LogP contribution in [0.3, 0.4) is 0 Å². The Balaban J connectivity index is 2.26. The van der Waals surface area contributed by atoms with Crippen molar-refractivity contribution in [3.8, 4) is 0 Å². The van der Waals surface area contributed by atoms with Crippen molar-refractivity contribution >= 4 is 11.6 Å². The van der Waals surface area contributed by atoms with Crippen LogP contribution in [0, 0.1) is 0 Å². The van der Waals surface area contributed by atoms with Gasteiger partial charge in [0.05, 0.1) is 16.8 Å². The number of allylic oxidation sites excluding steroid dienone is 1. The third-order valence-corrected chi connectivity index (χ3v) is 2.70. The molecule has 1 atom stereocenters. The van der Waals surface area contributed by atoms with Gasteiger partial charge in [-0.25, -0.2) is 0 Å². The lowest BCUT2D eigenvalue weighted by Gasteiger charge is -2.09. The van der Waals surface area contributed by atoms with E-state index in [0.717, 1.165) is 32.1 Å². The quantitative estimate of drug-likeness (QED) is 0.578.